The highest BCUT2D eigenvalue weighted by molar-refractivity contribution is 5.74. The minimum absolute atomic E-state index is 0.0460. The third kappa shape index (κ3) is 3.25. The molecule has 2 fully saturated rings. The fourth-order valence-corrected chi connectivity index (χ4v) is 3.29. The Hall–Kier alpha value is -0.570. The lowest BCUT2D eigenvalue weighted by atomic mass is 9.89. The van der Waals surface area contributed by atoms with Gasteiger partial charge in [-0.15, -0.1) is 0 Å². The fourth-order valence-electron chi connectivity index (χ4n) is 3.29. The van der Waals surface area contributed by atoms with Gasteiger partial charge in [-0.05, 0) is 31.6 Å². The van der Waals surface area contributed by atoms with Crippen LogP contribution in [0.15, 0.2) is 0 Å². The summed E-state index contributed by atoms with van der Waals surface area (Å²) in [5.74, 6) is 0.734. The normalized spacial score (nSPS) is 31.6. The highest BCUT2D eigenvalue weighted by atomic mass is 16.5. The highest BCUT2D eigenvalue weighted by Gasteiger charge is 2.43. The van der Waals surface area contributed by atoms with Crippen LogP contribution >= 0.6 is 0 Å². The van der Waals surface area contributed by atoms with Gasteiger partial charge < -0.3 is 10.1 Å². The maximum atomic E-state index is 12.1. The summed E-state index contributed by atoms with van der Waals surface area (Å²) >= 11 is 0. The third-order valence-electron chi connectivity index (χ3n) is 4.61. The molecule has 0 aromatic heterocycles. The van der Waals surface area contributed by atoms with Crippen molar-refractivity contribution in [2.75, 3.05) is 6.61 Å². The van der Waals surface area contributed by atoms with Gasteiger partial charge in [-0.1, -0.05) is 33.1 Å². The van der Waals surface area contributed by atoms with E-state index >= 15 is 0 Å². The van der Waals surface area contributed by atoms with Gasteiger partial charge in [0.2, 0.25) is 0 Å². The SMILES string of the molecule is CCCCC(CC)COC(=O)C1CC2CCC1N2. The Bertz CT molecular complexity index is 280. The molecule has 2 rings (SSSR count). The van der Waals surface area contributed by atoms with Crippen LogP contribution in [0, 0.1) is 11.8 Å². The first kappa shape index (κ1) is 13.9. The van der Waals surface area contributed by atoms with Crippen LogP contribution in [0.4, 0.5) is 0 Å². The van der Waals surface area contributed by atoms with Crippen LogP contribution in [0.3, 0.4) is 0 Å². The van der Waals surface area contributed by atoms with Gasteiger partial charge in [-0.25, -0.2) is 0 Å². The maximum Gasteiger partial charge on any atom is 0.310 e. The first-order valence-corrected chi connectivity index (χ1v) is 7.67. The number of carbonyl (C=O) groups excluding carboxylic acids is 1. The molecule has 18 heavy (non-hydrogen) atoms. The molecular formula is C15H27NO2. The average Bonchev–Trinajstić information content (AvgIpc) is 3.01. The van der Waals surface area contributed by atoms with E-state index in [2.05, 4.69) is 19.2 Å². The van der Waals surface area contributed by atoms with Gasteiger partial charge in [0.15, 0.2) is 0 Å². The van der Waals surface area contributed by atoms with Crippen molar-refractivity contribution in [3.63, 3.8) is 0 Å². The van der Waals surface area contributed by atoms with E-state index in [-0.39, 0.29) is 11.9 Å². The first-order chi connectivity index (χ1) is 8.74. The Labute approximate surface area is 111 Å². The molecule has 0 aliphatic carbocycles. The van der Waals surface area contributed by atoms with Crippen molar-refractivity contribution in [2.45, 2.75) is 70.9 Å². The van der Waals surface area contributed by atoms with Crippen LogP contribution in [-0.2, 0) is 9.53 Å². The molecule has 4 unspecified atom stereocenters. The molecule has 0 saturated carbocycles. The fraction of sp³-hybridized carbons (Fsp3) is 0.933. The molecule has 104 valence electrons. The molecule has 0 radical (unpaired) electrons. The Balaban J connectivity index is 1.70. The van der Waals surface area contributed by atoms with Gasteiger partial charge in [0, 0.05) is 12.1 Å². The number of rotatable bonds is 7. The van der Waals surface area contributed by atoms with E-state index in [0.717, 1.165) is 19.3 Å². The molecule has 2 aliphatic rings. The van der Waals surface area contributed by atoms with Crippen molar-refractivity contribution in [2.24, 2.45) is 11.8 Å². The Kier molecular flexibility index (Phi) is 5.04. The topological polar surface area (TPSA) is 38.3 Å². The standard InChI is InChI=1S/C15H27NO2/c1-3-5-6-11(4-2)10-18-15(17)13-9-12-7-8-14(13)16-12/h11-14,16H,3-10H2,1-2H3. The second-order valence-electron chi connectivity index (χ2n) is 5.94. The molecule has 0 aromatic carbocycles. The Morgan fingerprint density at radius 1 is 1.39 bits per heavy atom. The predicted octanol–water partition coefficient (Wildman–Crippen LogP) is 2.89. The quantitative estimate of drug-likeness (QED) is 0.709. The average molecular weight is 253 g/mol. The zero-order chi connectivity index (χ0) is 13.0. The van der Waals surface area contributed by atoms with Crippen LogP contribution in [0.5, 0.6) is 0 Å². The number of hydrogen-bond acceptors (Lipinski definition) is 3. The molecule has 2 heterocycles. The van der Waals surface area contributed by atoms with Crippen molar-refractivity contribution in [3.8, 4) is 0 Å². The van der Waals surface area contributed by atoms with E-state index in [9.17, 15) is 4.79 Å². The molecule has 1 N–H and O–H groups in total. The van der Waals surface area contributed by atoms with Crippen molar-refractivity contribution in [3.05, 3.63) is 0 Å². The molecule has 2 saturated heterocycles. The third-order valence-corrected chi connectivity index (χ3v) is 4.61. The van der Waals surface area contributed by atoms with Crippen LogP contribution in [0.2, 0.25) is 0 Å². The molecule has 2 bridgehead atoms. The molecule has 3 heteroatoms. The van der Waals surface area contributed by atoms with Crippen molar-refractivity contribution < 1.29 is 9.53 Å². The summed E-state index contributed by atoms with van der Waals surface area (Å²) in [6.45, 7) is 5.02. The van der Waals surface area contributed by atoms with Crippen LogP contribution in [-0.4, -0.2) is 24.7 Å². The largest absolute Gasteiger partial charge is 0.465 e. The summed E-state index contributed by atoms with van der Waals surface area (Å²) in [5, 5.41) is 3.49. The summed E-state index contributed by atoms with van der Waals surface area (Å²) in [5.41, 5.74) is 0. The summed E-state index contributed by atoms with van der Waals surface area (Å²) in [6.07, 6.45) is 8.15. The molecule has 0 aromatic rings. The van der Waals surface area contributed by atoms with E-state index in [1.807, 2.05) is 0 Å². The maximum absolute atomic E-state index is 12.1. The second-order valence-corrected chi connectivity index (χ2v) is 5.94. The van der Waals surface area contributed by atoms with E-state index < -0.39 is 0 Å². The van der Waals surface area contributed by atoms with Gasteiger partial charge in [-0.2, -0.15) is 0 Å². The molecule has 3 nitrogen and oxygen atoms in total. The lowest BCUT2D eigenvalue weighted by Crippen LogP contribution is -2.31. The highest BCUT2D eigenvalue weighted by Crippen LogP contribution is 2.34. The van der Waals surface area contributed by atoms with Gasteiger partial charge in [0.05, 0.1) is 12.5 Å². The molecular weight excluding hydrogens is 226 g/mol. The Morgan fingerprint density at radius 2 is 2.22 bits per heavy atom. The number of esters is 1. The van der Waals surface area contributed by atoms with E-state index in [4.69, 9.17) is 4.74 Å². The van der Waals surface area contributed by atoms with E-state index in [1.54, 1.807) is 0 Å². The van der Waals surface area contributed by atoms with Crippen LogP contribution in [0.25, 0.3) is 0 Å². The van der Waals surface area contributed by atoms with Gasteiger partial charge in [-0.3, -0.25) is 4.79 Å². The molecule has 0 amide bonds. The molecule has 4 atom stereocenters. The van der Waals surface area contributed by atoms with Crippen molar-refractivity contribution in [1.82, 2.24) is 5.32 Å². The summed E-state index contributed by atoms with van der Waals surface area (Å²) in [7, 11) is 0. The predicted molar refractivity (Wildman–Crippen MR) is 72.3 cm³/mol. The monoisotopic (exact) mass is 253 g/mol. The van der Waals surface area contributed by atoms with Gasteiger partial charge in [0.25, 0.3) is 0 Å². The van der Waals surface area contributed by atoms with Crippen molar-refractivity contribution in [1.29, 1.82) is 0 Å². The second kappa shape index (κ2) is 6.55. The minimum Gasteiger partial charge on any atom is -0.465 e. The van der Waals surface area contributed by atoms with Gasteiger partial charge >= 0.3 is 5.97 Å². The number of nitrogens with one attached hydrogen (secondary N) is 1. The smallest absolute Gasteiger partial charge is 0.310 e. The van der Waals surface area contributed by atoms with Crippen LogP contribution in [0.1, 0.15) is 58.8 Å². The number of fused-ring (bicyclic) bond motifs is 2. The van der Waals surface area contributed by atoms with Crippen LogP contribution < -0.4 is 5.32 Å². The summed E-state index contributed by atoms with van der Waals surface area (Å²) < 4.78 is 5.55. The van der Waals surface area contributed by atoms with Gasteiger partial charge in [0.1, 0.15) is 0 Å². The van der Waals surface area contributed by atoms with E-state index in [1.165, 1.54) is 25.7 Å². The van der Waals surface area contributed by atoms with E-state index in [0.29, 0.717) is 24.6 Å². The molecule has 2 aliphatic heterocycles. The number of carbonyl (C=O) groups is 1. The van der Waals surface area contributed by atoms with Crippen molar-refractivity contribution >= 4 is 5.97 Å². The lowest BCUT2D eigenvalue weighted by Gasteiger charge is -2.21. The zero-order valence-electron chi connectivity index (χ0n) is 11.8. The Morgan fingerprint density at radius 3 is 2.78 bits per heavy atom. The summed E-state index contributed by atoms with van der Waals surface area (Å²) in [4.78, 5) is 12.1. The first-order valence-electron chi connectivity index (χ1n) is 7.67. The molecule has 0 spiro atoms. The summed E-state index contributed by atoms with van der Waals surface area (Å²) in [6, 6.07) is 0.979. The number of unbranched alkanes of at least 4 members (excludes halogenated alkanes) is 1. The number of hydrogen-bond donors (Lipinski definition) is 1. The minimum atomic E-state index is 0.0460. The zero-order valence-corrected chi connectivity index (χ0v) is 11.8. The lowest BCUT2D eigenvalue weighted by molar-refractivity contribution is -0.150. The number of ether oxygens (including phenoxy) is 1.